The van der Waals surface area contributed by atoms with Crippen LogP contribution in [0.25, 0.3) is 0 Å². The van der Waals surface area contributed by atoms with Gasteiger partial charge in [0, 0.05) is 12.2 Å². The second-order valence-electron chi connectivity index (χ2n) is 3.72. The summed E-state index contributed by atoms with van der Waals surface area (Å²) in [5.74, 6) is 0.733. The van der Waals surface area contributed by atoms with Gasteiger partial charge in [-0.25, -0.2) is 9.79 Å². The number of hydrogen-bond donors (Lipinski definition) is 1. The van der Waals surface area contributed by atoms with Gasteiger partial charge in [0.25, 0.3) is 0 Å². The Kier molecular flexibility index (Phi) is 2.60. The fourth-order valence-electron chi connectivity index (χ4n) is 1.45. The van der Waals surface area contributed by atoms with Gasteiger partial charge >= 0.3 is 6.03 Å². The zero-order valence-corrected chi connectivity index (χ0v) is 9.84. The average Bonchev–Trinajstić information content (AvgIpc) is 2.61. The lowest BCUT2D eigenvalue weighted by Gasteiger charge is -2.25. The molecular formula is C9H14N4OS. The zero-order valence-electron chi connectivity index (χ0n) is 9.02. The molecular weight excluding hydrogens is 212 g/mol. The lowest BCUT2D eigenvalue weighted by molar-refractivity contribution is 0.193. The summed E-state index contributed by atoms with van der Waals surface area (Å²) in [6, 6.07) is 0.285. The summed E-state index contributed by atoms with van der Waals surface area (Å²) in [6.07, 6.45) is 3.82. The smallest absolute Gasteiger partial charge is 0.330 e. The number of carbonyl (C=O) groups is 1. The number of amidine groups is 1. The molecule has 0 unspecified atom stereocenters. The van der Waals surface area contributed by atoms with Gasteiger partial charge in [0.2, 0.25) is 0 Å². The van der Waals surface area contributed by atoms with Gasteiger partial charge in [-0.05, 0) is 20.1 Å². The van der Waals surface area contributed by atoms with E-state index in [0.29, 0.717) is 17.9 Å². The highest BCUT2D eigenvalue weighted by molar-refractivity contribution is 8.13. The van der Waals surface area contributed by atoms with Crippen molar-refractivity contribution >= 4 is 23.0 Å². The van der Waals surface area contributed by atoms with Gasteiger partial charge in [-0.1, -0.05) is 11.8 Å². The van der Waals surface area contributed by atoms with Crippen molar-refractivity contribution in [2.24, 2.45) is 4.99 Å². The molecule has 0 fully saturated rings. The van der Waals surface area contributed by atoms with E-state index in [1.807, 2.05) is 12.5 Å². The van der Waals surface area contributed by atoms with Crippen LogP contribution < -0.4 is 5.32 Å². The van der Waals surface area contributed by atoms with Crippen molar-refractivity contribution in [1.82, 2.24) is 15.1 Å². The summed E-state index contributed by atoms with van der Waals surface area (Å²) in [5, 5.41) is 3.39. The maximum atomic E-state index is 11.7. The molecule has 0 aromatic carbocycles. The van der Waals surface area contributed by atoms with E-state index in [2.05, 4.69) is 29.1 Å². The van der Waals surface area contributed by atoms with Crippen LogP contribution in [0.15, 0.2) is 17.0 Å². The molecule has 2 aliphatic rings. The minimum absolute atomic E-state index is 0.0937. The first-order valence-corrected chi connectivity index (χ1v) is 6.03. The van der Waals surface area contributed by atoms with Crippen LogP contribution in [0, 0.1) is 0 Å². The molecule has 0 saturated carbocycles. The van der Waals surface area contributed by atoms with Crippen LogP contribution in [0.1, 0.15) is 13.8 Å². The molecule has 6 heteroatoms. The Morgan fingerprint density at radius 1 is 1.60 bits per heavy atom. The van der Waals surface area contributed by atoms with Crippen molar-refractivity contribution < 1.29 is 4.79 Å². The standard InChI is InChI=1S/C9H14N4OS/c1-6(2)12-4-7-10-8(15-3)11-9(14)13(7)5-12/h4,6H,5H2,1-3H3,(H,10,11,14). The Balaban J connectivity index is 2.25. The van der Waals surface area contributed by atoms with Crippen molar-refractivity contribution in [1.29, 1.82) is 0 Å². The average molecular weight is 226 g/mol. The Labute approximate surface area is 93.2 Å². The summed E-state index contributed by atoms with van der Waals surface area (Å²) in [7, 11) is 0. The number of fused-ring (bicyclic) bond motifs is 1. The molecule has 1 N–H and O–H groups in total. The molecule has 0 bridgehead atoms. The van der Waals surface area contributed by atoms with E-state index in [9.17, 15) is 4.79 Å². The van der Waals surface area contributed by atoms with Crippen molar-refractivity contribution in [3.63, 3.8) is 0 Å². The normalized spacial score (nSPS) is 20.1. The predicted molar refractivity (Wildman–Crippen MR) is 61.2 cm³/mol. The minimum Gasteiger partial charge on any atom is -0.354 e. The van der Waals surface area contributed by atoms with Crippen molar-refractivity contribution in [2.45, 2.75) is 19.9 Å². The lowest BCUT2D eigenvalue weighted by Crippen LogP contribution is -2.45. The van der Waals surface area contributed by atoms with Gasteiger partial charge in [-0.15, -0.1) is 0 Å². The highest BCUT2D eigenvalue weighted by Gasteiger charge is 2.31. The first kappa shape index (κ1) is 10.4. The molecule has 0 aliphatic carbocycles. The molecule has 0 aromatic heterocycles. The van der Waals surface area contributed by atoms with Crippen LogP contribution in [0.3, 0.4) is 0 Å². The fourth-order valence-corrected chi connectivity index (χ4v) is 1.83. The predicted octanol–water partition coefficient (Wildman–Crippen LogP) is 1.21. The Morgan fingerprint density at radius 2 is 2.33 bits per heavy atom. The van der Waals surface area contributed by atoms with Gasteiger partial charge in [0.1, 0.15) is 6.67 Å². The number of carbonyl (C=O) groups excluding carboxylic acids is 1. The van der Waals surface area contributed by atoms with Crippen LogP contribution in [-0.2, 0) is 0 Å². The van der Waals surface area contributed by atoms with Gasteiger partial charge in [0.05, 0.1) is 0 Å². The number of nitrogens with zero attached hydrogens (tertiary/aromatic N) is 3. The summed E-state index contributed by atoms with van der Waals surface area (Å²) in [6.45, 7) is 4.77. The van der Waals surface area contributed by atoms with Gasteiger partial charge < -0.3 is 4.90 Å². The lowest BCUT2D eigenvalue weighted by atomic mass is 10.4. The third-order valence-electron chi connectivity index (χ3n) is 2.39. The Hall–Kier alpha value is -1.17. The molecule has 2 amide bonds. The molecule has 82 valence electrons. The minimum atomic E-state index is -0.0937. The number of urea groups is 1. The molecule has 0 radical (unpaired) electrons. The molecule has 0 atom stereocenters. The van der Waals surface area contributed by atoms with Crippen molar-refractivity contribution in [3.05, 3.63) is 12.0 Å². The fraction of sp³-hybridized carbons (Fsp3) is 0.556. The SMILES string of the molecule is CSC1=NC2=CN(C(C)C)CN2C(=O)N1. The van der Waals surface area contributed by atoms with Crippen LogP contribution in [-0.4, -0.2) is 40.0 Å². The maximum Gasteiger partial charge on any atom is 0.330 e. The van der Waals surface area contributed by atoms with E-state index in [1.54, 1.807) is 4.90 Å². The summed E-state index contributed by atoms with van der Waals surface area (Å²) >= 11 is 1.44. The molecule has 0 spiro atoms. The van der Waals surface area contributed by atoms with Crippen LogP contribution in [0.5, 0.6) is 0 Å². The van der Waals surface area contributed by atoms with Crippen molar-refractivity contribution in [3.8, 4) is 0 Å². The summed E-state index contributed by atoms with van der Waals surface area (Å²) in [5.41, 5.74) is 0. The van der Waals surface area contributed by atoms with Gasteiger partial charge in [-0.3, -0.25) is 10.2 Å². The number of thioether (sulfide) groups is 1. The quantitative estimate of drug-likeness (QED) is 0.731. The van der Waals surface area contributed by atoms with Crippen LogP contribution in [0.4, 0.5) is 4.79 Å². The number of aliphatic imine (C=N–C) groups is 1. The Morgan fingerprint density at radius 3 is 2.93 bits per heavy atom. The topological polar surface area (TPSA) is 47.9 Å². The molecule has 0 saturated heterocycles. The van der Waals surface area contributed by atoms with E-state index in [0.717, 1.165) is 5.82 Å². The highest BCUT2D eigenvalue weighted by Crippen LogP contribution is 2.22. The molecule has 2 heterocycles. The van der Waals surface area contributed by atoms with E-state index in [4.69, 9.17) is 0 Å². The first-order chi connectivity index (χ1) is 7.11. The van der Waals surface area contributed by atoms with E-state index in [-0.39, 0.29) is 6.03 Å². The third-order valence-corrected chi connectivity index (χ3v) is 2.97. The zero-order chi connectivity index (χ0) is 11.0. The monoisotopic (exact) mass is 226 g/mol. The van der Waals surface area contributed by atoms with Gasteiger partial charge in [-0.2, -0.15) is 0 Å². The second-order valence-corrected chi connectivity index (χ2v) is 4.51. The van der Waals surface area contributed by atoms with E-state index >= 15 is 0 Å². The van der Waals surface area contributed by atoms with Crippen LogP contribution >= 0.6 is 11.8 Å². The highest BCUT2D eigenvalue weighted by atomic mass is 32.2. The van der Waals surface area contributed by atoms with Crippen LogP contribution in [0.2, 0.25) is 0 Å². The summed E-state index contributed by atoms with van der Waals surface area (Å²) < 4.78 is 0. The summed E-state index contributed by atoms with van der Waals surface area (Å²) in [4.78, 5) is 19.7. The third kappa shape index (κ3) is 1.81. The molecule has 2 rings (SSSR count). The van der Waals surface area contributed by atoms with Gasteiger partial charge in [0.15, 0.2) is 11.0 Å². The second kappa shape index (κ2) is 3.77. The van der Waals surface area contributed by atoms with Crippen molar-refractivity contribution in [2.75, 3.05) is 12.9 Å². The number of nitrogens with one attached hydrogen (secondary N) is 1. The molecule has 0 aromatic rings. The largest absolute Gasteiger partial charge is 0.354 e. The van der Waals surface area contributed by atoms with E-state index in [1.165, 1.54) is 11.8 Å². The number of amides is 2. The number of rotatable bonds is 1. The first-order valence-electron chi connectivity index (χ1n) is 4.80. The maximum absolute atomic E-state index is 11.7. The Bertz CT molecular complexity index is 350. The molecule has 2 aliphatic heterocycles. The molecule has 15 heavy (non-hydrogen) atoms. The van der Waals surface area contributed by atoms with E-state index < -0.39 is 0 Å². The number of hydrogen-bond acceptors (Lipinski definition) is 4. The molecule has 5 nitrogen and oxygen atoms in total.